The zero-order valence-electron chi connectivity index (χ0n) is 26.5. The lowest BCUT2D eigenvalue weighted by atomic mass is 10.0. The molecule has 4 heteroatoms. The molecular weight excluding hydrogens is 597 g/mol. The third-order valence-corrected chi connectivity index (χ3v) is 10.2. The Balaban J connectivity index is 1.36. The second-order valence-corrected chi connectivity index (χ2v) is 12.8. The first kappa shape index (κ1) is 26.4. The van der Waals surface area contributed by atoms with Gasteiger partial charge in [-0.2, -0.15) is 0 Å². The van der Waals surface area contributed by atoms with Crippen molar-refractivity contribution in [3.63, 3.8) is 0 Å². The third kappa shape index (κ3) is 3.55. The highest BCUT2D eigenvalue weighted by atomic mass is 15.1. The SMILES string of the molecule is c1ccc(-n2c3ccccc3c3c4ccccc4n(-c4cccc5c(-n6c7ccccc7c7ccccc76)nc6ccccc6c45)c32)cc1. The van der Waals surface area contributed by atoms with E-state index in [1.807, 2.05) is 0 Å². The van der Waals surface area contributed by atoms with Crippen LogP contribution in [0.15, 0.2) is 170 Å². The fourth-order valence-corrected chi connectivity index (χ4v) is 8.25. The Bertz CT molecular complexity index is 3050. The molecule has 49 heavy (non-hydrogen) atoms. The molecule has 0 radical (unpaired) electrons. The van der Waals surface area contributed by atoms with Crippen molar-refractivity contribution in [2.75, 3.05) is 0 Å². The standard InChI is InChI=1S/C45H28N4/c1-2-15-29(16-3-1)47-39-26-12-7-20-33(39)43-34-21-8-13-27-40(34)49(45(43)47)41-28-14-22-35-42(41)32-19-4-9-23-36(32)46-44(35)48-37-24-10-5-17-30(37)31-18-6-11-25-38(31)48/h1-28H. The van der Waals surface area contributed by atoms with Gasteiger partial charge in [-0.25, -0.2) is 4.98 Å². The van der Waals surface area contributed by atoms with Crippen molar-refractivity contribution >= 4 is 76.3 Å². The molecule has 0 spiro atoms. The number of fused-ring (bicyclic) bond motifs is 11. The van der Waals surface area contributed by atoms with Gasteiger partial charge in [0.25, 0.3) is 0 Å². The summed E-state index contributed by atoms with van der Waals surface area (Å²) >= 11 is 0. The van der Waals surface area contributed by atoms with Crippen LogP contribution in [0.3, 0.4) is 0 Å². The second-order valence-electron chi connectivity index (χ2n) is 12.8. The van der Waals surface area contributed by atoms with Crippen LogP contribution in [0.25, 0.3) is 93.5 Å². The van der Waals surface area contributed by atoms with Crippen molar-refractivity contribution in [3.05, 3.63) is 170 Å². The monoisotopic (exact) mass is 624 g/mol. The number of hydrogen-bond acceptors (Lipinski definition) is 1. The highest BCUT2D eigenvalue weighted by Gasteiger charge is 2.24. The van der Waals surface area contributed by atoms with Gasteiger partial charge in [-0.15, -0.1) is 0 Å². The van der Waals surface area contributed by atoms with Gasteiger partial charge in [0.2, 0.25) is 0 Å². The lowest BCUT2D eigenvalue weighted by Gasteiger charge is -2.18. The predicted molar refractivity (Wildman–Crippen MR) is 205 cm³/mol. The second kappa shape index (κ2) is 9.93. The molecule has 0 fully saturated rings. The molecule has 0 unspecified atom stereocenters. The van der Waals surface area contributed by atoms with E-state index in [0.717, 1.165) is 50.2 Å². The van der Waals surface area contributed by atoms with Crippen LogP contribution in [0.1, 0.15) is 0 Å². The van der Waals surface area contributed by atoms with Gasteiger partial charge in [-0.1, -0.05) is 121 Å². The molecule has 4 aromatic heterocycles. The third-order valence-electron chi connectivity index (χ3n) is 10.2. The van der Waals surface area contributed by atoms with E-state index in [9.17, 15) is 0 Å². The molecule has 0 atom stereocenters. The summed E-state index contributed by atoms with van der Waals surface area (Å²) in [5.74, 6) is 0.934. The zero-order chi connectivity index (χ0) is 32.1. The minimum absolute atomic E-state index is 0.934. The maximum Gasteiger partial charge on any atom is 0.146 e. The lowest BCUT2D eigenvalue weighted by Crippen LogP contribution is -2.04. The van der Waals surface area contributed by atoms with Gasteiger partial charge < -0.3 is 0 Å². The molecule has 228 valence electrons. The number of hydrogen-bond donors (Lipinski definition) is 0. The summed E-state index contributed by atoms with van der Waals surface area (Å²) in [6.07, 6.45) is 0. The van der Waals surface area contributed by atoms with Crippen LogP contribution in [0.5, 0.6) is 0 Å². The number of nitrogens with zero attached hydrogens (tertiary/aromatic N) is 4. The maximum absolute atomic E-state index is 5.44. The Labute approximate surface area is 281 Å². The smallest absolute Gasteiger partial charge is 0.146 e. The van der Waals surface area contributed by atoms with E-state index in [4.69, 9.17) is 4.98 Å². The van der Waals surface area contributed by atoms with Gasteiger partial charge in [-0.05, 0) is 48.5 Å². The molecule has 0 aliphatic rings. The summed E-state index contributed by atoms with van der Waals surface area (Å²) in [5, 5.41) is 9.61. The lowest BCUT2D eigenvalue weighted by molar-refractivity contribution is 1.07. The number of aromatic nitrogens is 4. The highest BCUT2D eigenvalue weighted by molar-refractivity contribution is 6.24. The Morgan fingerprint density at radius 1 is 0.327 bits per heavy atom. The van der Waals surface area contributed by atoms with Gasteiger partial charge in [0, 0.05) is 48.8 Å². The summed E-state index contributed by atoms with van der Waals surface area (Å²) in [5.41, 5.74) is 9.05. The molecule has 0 bridgehead atoms. The zero-order valence-corrected chi connectivity index (χ0v) is 26.5. The molecule has 7 aromatic carbocycles. The summed E-state index contributed by atoms with van der Waals surface area (Å²) in [6, 6.07) is 61.0. The van der Waals surface area contributed by atoms with Crippen LogP contribution in [0.4, 0.5) is 0 Å². The molecule has 11 rings (SSSR count). The molecule has 0 aliphatic carbocycles. The van der Waals surface area contributed by atoms with Crippen LogP contribution in [0.2, 0.25) is 0 Å². The van der Waals surface area contributed by atoms with Crippen molar-refractivity contribution in [1.82, 2.24) is 18.7 Å². The molecule has 0 amide bonds. The van der Waals surface area contributed by atoms with E-state index < -0.39 is 0 Å². The minimum Gasteiger partial charge on any atom is -0.295 e. The molecule has 4 heterocycles. The normalized spacial score (nSPS) is 12.1. The first-order valence-electron chi connectivity index (χ1n) is 16.8. The van der Waals surface area contributed by atoms with Crippen molar-refractivity contribution in [3.8, 4) is 17.2 Å². The molecule has 4 nitrogen and oxygen atoms in total. The number of benzene rings is 7. The predicted octanol–water partition coefficient (Wildman–Crippen LogP) is 11.5. The fraction of sp³-hybridized carbons (Fsp3) is 0. The van der Waals surface area contributed by atoms with Gasteiger partial charge >= 0.3 is 0 Å². The van der Waals surface area contributed by atoms with E-state index >= 15 is 0 Å². The topological polar surface area (TPSA) is 27.7 Å². The van der Waals surface area contributed by atoms with Crippen LogP contribution in [0, 0.1) is 0 Å². The van der Waals surface area contributed by atoms with Crippen LogP contribution < -0.4 is 0 Å². The molecular formula is C45H28N4. The fourth-order valence-electron chi connectivity index (χ4n) is 8.25. The summed E-state index contributed by atoms with van der Waals surface area (Å²) in [4.78, 5) is 5.44. The van der Waals surface area contributed by atoms with Crippen molar-refractivity contribution < 1.29 is 0 Å². The average Bonchev–Trinajstić information content (AvgIpc) is 3.80. The van der Waals surface area contributed by atoms with Crippen LogP contribution in [-0.4, -0.2) is 18.7 Å². The van der Waals surface area contributed by atoms with Crippen LogP contribution in [-0.2, 0) is 0 Å². The first-order valence-corrected chi connectivity index (χ1v) is 16.8. The number of rotatable bonds is 3. The van der Waals surface area contributed by atoms with Crippen molar-refractivity contribution in [1.29, 1.82) is 0 Å². The van der Waals surface area contributed by atoms with E-state index in [-0.39, 0.29) is 0 Å². The first-order chi connectivity index (χ1) is 24.4. The Morgan fingerprint density at radius 3 is 1.47 bits per heavy atom. The van der Waals surface area contributed by atoms with E-state index in [2.05, 4.69) is 184 Å². The van der Waals surface area contributed by atoms with Gasteiger partial charge in [-0.3, -0.25) is 13.7 Å². The Kier molecular flexibility index (Phi) is 5.35. The van der Waals surface area contributed by atoms with E-state index in [1.165, 1.54) is 43.4 Å². The highest BCUT2D eigenvalue weighted by Crippen LogP contribution is 2.44. The molecule has 0 N–H and O–H groups in total. The van der Waals surface area contributed by atoms with Crippen molar-refractivity contribution in [2.45, 2.75) is 0 Å². The molecule has 0 saturated carbocycles. The van der Waals surface area contributed by atoms with Crippen LogP contribution >= 0.6 is 0 Å². The summed E-state index contributed by atoms with van der Waals surface area (Å²) < 4.78 is 7.27. The number of pyridine rings is 1. The number of para-hydroxylation sites is 6. The van der Waals surface area contributed by atoms with E-state index in [1.54, 1.807) is 0 Å². The molecule has 0 saturated heterocycles. The Morgan fingerprint density at radius 2 is 0.816 bits per heavy atom. The average molecular weight is 625 g/mol. The summed E-state index contributed by atoms with van der Waals surface area (Å²) in [7, 11) is 0. The quantitative estimate of drug-likeness (QED) is 0.180. The molecule has 11 aromatic rings. The maximum atomic E-state index is 5.44. The largest absolute Gasteiger partial charge is 0.295 e. The Hall–Kier alpha value is -6.65. The summed E-state index contributed by atoms with van der Waals surface area (Å²) in [6.45, 7) is 0. The van der Waals surface area contributed by atoms with E-state index in [0.29, 0.717) is 0 Å². The van der Waals surface area contributed by atoms with Crippen molar-refractivity contribution in [2.24, 2.45) is 0 Å². The van der Waals surface area contributed by atoms with Gasteiger partial charge in [0.1, 0.15) is 11.5 Å². The van der Waals surface area contributed by atoms with Gasteiger partial charge in [0.15, 0.2) is 0 Å². The van der Waals surface area contributed by atoms with Gasteiger partial charge in [0.05, 0.1) is 33.3 Å². The minimum atomic E-state index is 0.934. The molecule has 0 aliphatic heterocycles.